The Bertz CT molecular complexity index is 787. The minimum absolute atomic E-state index is 0.00521. The van der Waals surface area contributed by atoms with Crippen molar-refractivity contribution in [1.82, 2.24) is 15.0 Å². The van der Waals surface area contributed by atoms with Crippen LogP contribution in [0.4, 0.5) is 0 Å². The average molecular weight is 357 g/mol. The Morgan fingerprint density at radius 1 is 1.38 bits per heavy atom. The summed E-state index contributed by atoms with van der Waals surface area (Å²) in [7, 11) is 1.61. The molecule has 1 saturated heterocycles. The summed E-state index contributed by atoms with van der Waals surface area (Å²) in [6, 6.07) is 7.52. The first-order valence-corrected chi connectivity index (χ1v) is 9.03. The number of hydrogen-bond acceptors (Lipinski definition) is 6. The Balaban J connectivity index is 1.44. The van der Waals surface area contributed by atoms with Crippen molar-refractivity contribution in [3.8, 4) is 5.75 Å². The second-order valence-corrected chi connectivity index (χ2v) is 7.14. The van der Waals surface area contributed by atoms with E-state index in [4.69, 9.17) is 9.26 Å². The highest BCUT2D eigenvalue weighted by atomic mass is 16.5. The molecule has 26 heavy (non-hydrogen) atoms. The van der Waals surface area contributed by atoms with Crippen LogP contribution in [0.3, 0.4) is 0 Å². The molecule has 1 aromatic carbocycles. The van der Waals surface area contributed by atoms with E-state index in [0.717, 1.165) is 30.0 Å². The third-order valence-electron chi connectivity index (χ3n) is 5.23. The third-order valence-corrected chi connectivity index (χ3v) is 5.23. The predicted octanol–water partition coefficient (Wildman–Crippen LogP) is 1.73. The van der Waals surface area contributed by atoms with Gasteiger partial charge in [-0.1, -0.05) is 17.3 Å². The van der Waals surface area contributed by atoms with Crippen molar-refractivity contribution in [3.63, 3.8) is 0 Å². The van der Waals surface area contributed by atoms with Gasteiger partial charge in [0.25, 0.3) is 0 Å². The van der Waals surface area contributed by atoms with Crippen molar-refractivity contribution in [1.29, 1.82) is 0 Å². The lowest BCUT2D eigenvalue weighted by Crippen LogP contribution is -2.30. The molecule has 2 heterocycles. The molecule has 7 heteroatoms. The summed E-state index contributed by atoms with van der Waals surface area (Å²) in [6.45, 7) is 1.00. The molecule has 1 saturated carbocycles. The number of aromatic nitrogens is 2. The first-order valence-electron chi connectivity index (χ1n) is 9.03. The number of aliphatic hydroxyl groups is 1. The molecule has 1 aliphatic carbocycles. The number of nitrogens with zero attached hydrogens (tertiary/aromatic N) is 3. The molecule has 2 fully saturated rings. The normalized spacial score (nSPS) is 22.6. The van der Waals surface area contributed by atoms with Gasteiger partial charge in [0.05, 0.1) is 19.4 Å². The number of amides is 1. The lowest BCUT2D eigenvalue weighted by Gasteiger charge is -2.16. The standard InChI is InChI=1S/C19H23N3O4/c1-25-15-4-2-3-12(7-15)8-17(24)22-9-14(11-23)16(10-22)19-20-18(21-26-19)13-5-6-13/h2-4,7,13-14,16,23H,5-6,8-11H2,1H3/t14-,16+/m0/s1. The molecule has 7 nitrogen and oxygen atoms in total. The summed E-state index contributed by atoms with van der Waals surface area (Å²) in [5.74, 6) is 2.32. The molecular weight excluding hydrogens is 334 g/mol. The van der Waals surface area contributed by atoms with Crippen molar-refractivity contribution in [3.05, 3.63) is 41.5 Å². The van der Waals surface area contributed by atoms with E-state index in [1.165, 1.54) is 0 Å². The highest BCUT2D eigenvalue weighted by Gasteiger charge is 2.40. The Hall–Kier alpha value is -2.41. The van der Waals surface area contributed by atoms with E-state index in [2.05, 4.69) is 10.1 Å². The number of carbonyl (C=O) groups excluding carboxylic acids is 1. The summed E-state index contributed by atoms with van der Waals surface area (Å²) in [6.07, 6.45) is 2.52. The Labute approximate surface area is 152 Å². The van der Waals surface area contributed by atoms with Gasteiger partial charge in [-0.25, -0.2) is 0 Å². The second kappa shape index (κ2) is 7.07. The Kier molecular flexibility index (Phi) is 4.63. The highest BCUT2D eigenvalue weighted by Crippen LogP contribution is 2.40. The molecule has 0 spiro atoms. The first-order chi connectivity index (χ1) is 12.7. The fourth-order valence-corrected chi connectivity index (χ4v) is 3.51. The summed E-state index contributed by atoms with van der Waals surface area (Å²) in [4.78, 5) is 19.0. The molecule has 2 aliphatic rings. The van der Waals surface area contributed by atoms with Crippen LogP contribution in [0.5, 0.6) is 5.75 Å². The maximum atomic E-state index is 12.7. The predicted molar refractivity (Wildman–Crippen MR) is 92.9 cm³/mol. The van der Waals surface area contributed by atoms with Gasteiger partial charge in [-0.15, -0.1) is 0 Å². The Morgan fingerprint density at radius 3 is 2.96 bits per heavy atom. The molecule has 1 N–H and O–H groups in total. The zero-order valence-electron chi connectivity index (χ0n) is 14.8. The molecule has 138 valence electrons. The van der Waals surface area contributed by atoms with Crippen molar-refractivity contribution in [2.75, 3.05) is 26.8 Å². The van der Waals surface area contributed by atoms with E-state index < -0.39 is 0 Å². The number of methoxy groups -OCH3 is 1. The van der Waals surface area contributed by atoms with Crippen LogP contribution < -0.4 is 4.74 Å². The van der Waals surface area contributed by atoms with Gasteiger partial charge >= 0.3 is 0 Å². The van der Waals surface area contributed by atoms with E-state index >= 15 is 0 Å². The van der Waals surface area contributed by atoms with Crippen molar-refractivity contribution >= 4 is 5.91 Å². The average Bonchev–Trinajstić information content (AvgIpc) is 3.23. The SMILES string of the molecule is COc1cccc(CC(=O)N2C[C@@H](CO)[C@H](c3nc(C4CC4)no3)C2)c1. The molecular formula is C19H23N3O4. The van der Waals surface area contributed by atoms with E-state index in [1.54, 1.807) is 12.0 Å². The largest absolute Gasteiger partial charge is 0.497 e. The van der Waals surface area contributed by atoms with Crippen LogP contribution in [0.2, 0.25) is 0 Å². The van der Waals surface area contributed by atoms with Gasteiger partial charge in [-0.05, 0) is 30.5 Å². The van der Waals surface area contributed by atoms with Gasteiger partial charge in [0.15, 0.2) is 5.82 Å². The smallest absolute Gasteiger partial charge is 0.231 e. The molecule has 1 aromatic heterocycles. The van der Waals surface area contributed by atoms with E-state index in [-0.39, 0.29) is 24.3 Å². The van der Waals surface area contributed by atoms with Crippen LogP contribution in [0.25, 0.3) is 0 Å². The van der Waals surface area contributed by atoms with Crippen LogP contribution in [-0.4, -0.2) is 52.9 Å². The first kappa shape index (κ1) is 17.0. The molecule has 2 atom stereocenters. The fourth-order valence-electron chi connectivity index (χ4n) is 3.51. The number of carbonyl (C=O) groups is 1. The van der Waals surface area contributed by atoms with Gasteiger partial charge < -0.3 is 19.3 Å². The topological polar surface area (TPSA) is 88.7 Å². The van der Waals surface area contributed by atoms with Crippen molar-refractivity contribution < 1.29 is 19.2 Å². The zero-order chi connectivity index (χ0) is 18.1. The quantitative estimate of drug-likeness (QED) is 0.847. The third kappa shape index (κ3) is 3.44. The lowest BCUT2D eigenvalue weighted by atomic mass is 9.97. The molecule has 0 radical (unpaired) electrons. The zero-order valence-corrected chi connectivity index (χ0v) is 14.8. The van der Waals surface area contributed by atoms with Gasteiger partial charge in [0.1, 0.15) is 5.75 Å². The van der Waals surface area contributed by atoms with Crippen molar-refractivity contribution in [2.45, 2.75) is 31.1 Å². The second-order valence-electron chi connectivity index (χ2n) is 7.14. The van der Waals surface area contributed by atoms with Gasteiger partial charge in [0, 0.05) is 31.5 Å². The monoisotopic (exact) mass is 357 g/mol. The van der Waals surface area contributed by atoms with Crippen molar-refractivity contribution in [2.24, 2.45) is 5.92 Å². The molecule has 1 aliphatic heterocycles. The minimum atomic E-state index is -0.103. The van der Waals surface area contributed by atoms with Crippen LogP contribution >= 0.6 is 0 Å². The number of rotatable bonds is 6. The lowest BCUT2D eigenvalue weighted by molar-refractivity contribution is -0.129. The molecule has 4 rings (SSSR count). The van der Waals surface area contributed by atoms with Crippen LogP contribution in [-0.2, 0) is 11.2 Å². The van der Waals surface area contributed by atoms with Crippen LogP contribution in [0.15, 0.2) is 28.8 Å². The Morgan fingerprint density at radius 2 is 2.23 bits per heavy atom. The molecule has 2 aromatic rings. The summed E-state index contributed by atoms with van der Waals surface area (Å²) in [5, 5.41) is 13.8. The van der Waals surface area contributed by atoms with Gasteiger partial charge in [-0.3, -0.25) is 4.79 Å². The summed E-state index contributed by atoms with van der Waals surface area (Å²) in [5.41, 5.74) is 0.909. The maximum Gasteiger partial charge on any atom is 0.231 e. The fraction of sp³-hybridized carbons (Fsp3) is 0.526. The number of ether oxygens (including phenoxy) is 1. The van der Waals surface area contributed by atoms with Crippen LogP contribution in [0, 0.1) is 5.92 Å². The number of aliphatic hydroxyl groups excluding tert-OH is 1. The van der Waals surface area contributed by atoms with Gasteiger partial charge in [-0.2, -0.15) is 4.98 Å². The maximum absolute atomic E-state index is 12.7. The van der Waals surface area contributed by atoms with E-state index in [9.17, 15) is 9.90 Å². The molecule has 0 bridgehead atoms. The van der Waals surface area contributed by atoms with Gasteiger partial charge in [0.2, 0.25) is 11.8 Å². The summed E-state index contributed by atoms with van der Waals surface area (Å²) >= 11 is 0. The number of benzene rings is 1. The van der Waals surface area contributed by atoms with E-state index in [1.807, 2.05) is 24.3 Å². The molecule has 1 amide bonds. The highest BCUT2D eigenvalue weighted by molar-refractivity contribution is 5.79. The summed E-state index contributed by atoms with van der Waals surface area (Å²) < 4.78 is 10.6. The molecule has 0 unspecified atom stereocenters. The number of likely N-dealkylation sites (tertiary alicyclic amines) is 1. The van der Waals surface area contributed by atoms with Crippen LogP contribution in [0.1, 0.15) is 42.0 Å². The minimum Gasteiger partial charge on any atom is -0.497 e. The number of hydrogen-bond donors (Lipinski definition) is 1. The van der Waals surface area contributed by atoms with E-state index in [0.29, 0.717) is 31.3 Å².